The number of hydrogen-bond acceptors (Lipinski definition) is 5. The third-order valence-corrected chi connectivity index (χ3v) is 4.47. The number of rotatable bonds is 6. The number of ether oxygens (including phenoxy) is 1. The summed E-state index contributed by atoms with van der Waals surface area (Å²) in [6.45, 7) is 0.533. The average Bonchev–Trinajstić information content (AvgIpc) is 3.36. The highest BCUT2D eigenvalue weighted by Crippen LogP contribution is 2.38. The Bertz CT molecular complexity index is 948. The Morgan fingerprint density at radius 1 is 1.21 bits per heavy atom. The lowest BCUT2D eigenvalue weighted by Crippen LogP contribution is -2.27. The molecule has 2 aromatic rings. The van der Waals surface area contributed by atoms with Crippen LogP contribution in [0.1, 0.15) is 39.3 Å². The van der Waals surface area contributed by atoms with Crippen LogP contribution in [0.3, 0.4) is 0 Å². The van der Waals surface area contributed by atoms with Crippen LogP contribution >= 0.6 is 0 Å². The highest BCUT2D eigenvalue weighted by atomic mass is 19.4. The van der Waals surface area contributed by atoms with Gasteiger partial charge in [0, 0.05) is 37.0 Å². The van der Waals surface area contributed by atoms with Crippen molar-refractivity contribution in [2.45, 2.75) is 19.0 Å². The van der Waals surface area contributed by atoms with Crippen LogP contribution in [-0.4, -0.2) is 46.2 Å². The lowest BCUT2D eigenvalue weighted by Gasteiger charge is -2.13. The van der Waals surface area contributed by atoms with Crippen molar-refractivity contribution in [2.24, 2.45) is 0 Å². The zero-order valence-electron chi connectivity index (χ0n) is 15.0. The van der Waals surface area contributed by atoms with Crippen molar-refractivity contribution in [3.8, 4) is 5.75 Å². The quantitative estimate of drug-likeness (QED) is 0.445. The maximum Gasteiger partial charge on any atom is 0.420 e. The Morgan fingerprint density at radius 3 is 2.52 bits per heavy atom. The van der Waals surface area contributed by atoms with E-state index >= 15 is 0 Å². The highest BCUT2D eigenvalue weighted by Gasteiger charge is 2.36. The van der Waals surface area contributed by atoms with Crippen LogP contribution in [0.15, 0.2) is 30.5 Å². The van der Waals surface area contributed by atoms with Gasteiger partial charge in [0.05, 0.1) is 4.92 Å². The fraction of sp³-hybridized carbons (Fsp3) is 0.333. The van der Waals surface area contributed by atoms with Crippen LogP contribution in [0.2, 0.25) is 0 Å². The lowest BCUT2D eigenvalue weighted by molar-refractivity contribution is -0.385. The molecule has 0 unspecified atom stereocenters. The zero-order chi connectivity index (χ0) is 21.2. The fourth-order valence-corrected chi connectivity index (χ4v) is 2.97. The Hall–Kier alpha value is -3.37. The summed E-state index contributed by atoms with van der Waals surface area (Å²) in [6.07, 6.45) is -1.80. The molecule has 0 bridgehead atoms. The van der Waals surface area contributed by atoms with Gasteiger partial charge in [0.25, 0.3) is 11.6 Å². The predicted octanol–water partition coefficient (Wildman–Crippen LogP) is 3.44. The van der Waals surface area contributed by atoms with E-state index in [4.69, 9.17) is 4.74 Å². The van der Waals surface area contributed by atoms with Crippen LogP contribution in [-0.2, 0) is 6.18 Å². The Kier molecular flexibility index (Phi) is 5.57. The number of carbonyl (C=O) groups is 2. The van der Waals surface area contributed by atoms with Gasteiger partial charge in [-0.1, -0.05) is 0 Å². The summed E-state index contributed by atoms with van der Waals surface area (Å²) >= 11 is 0. The summed E-state index contributed by atoms with van der Waals surface area (Å²) in [7, 11) is 0. The van der Waals surface area contributed by atoms with Crippen molar-refractivity contribution in [1.82, 2.24) is 9.88 Å². The maximum atomic E-state index is 13.1. The molecule has 1 fully saturated rings. The van der Waals surface area contributed by atoms with Crippen molar-refractivity contribution in [2.75, 3.05) is 19.7 Å². The number of Topliss-reactive ketones (excluding diaryl/α,β-unsaturated/α-hetero) is 1. The monoisotopic (exact) mass is 411 g/mol. The van der Waals surface area contributed by atoms with Crippen LogP contribution in [0, 0.1) is 10.1 Å². The number of nitro benzene ring substituents is 1. The summed E-state index contributed by atoms with van der Waals surface area (Å²) in [5.41, 5.74) is -1.80. The topological polar surface area (TPSA) is 106 Å². The van der Waals surface area contributed by atoms with Crippen molar-refractivity contribution < 1.29 is 32.4 Å². The molecule has 1 aromatic carbocycles. The van der Waals surface area contributed by atoms with Gasteiger partial charge in [-0.25, -0.2) is 0 Å². The van der Waals surface area contributed by atoms with Crippen LogP contribution in [0.25, 0.3) is 0 Å². The average molecular weight is 411 g/mol. The SMILES string of the molecule is O=C(COc1ccc([N+](=O)[O-])cc1C(F)(F)F)c1c[nH]c(C(=O)N2CCCC2)c1. The van der Waals surface area contributed by atoms with Crippen LogP contribution in [0.5, 0.6) is 5.75 Å². The van der Waals surface area contributed by atoms with Gasteiger partial charge in [-0.3, -0.25) is 19.7 Å². The number of nitrogens with one attached hydrogen (secondary N) is 1. The molecule has 1 aromatic heterocycles. The molecule has 8 nitrogen and oxygen atoms in total. The minimum absolute atomic E-state index is 0.0861. The van der Waals surface area contributed by atoms with E-state index in [2.05, 4.69) is 4.98 Å². The number of ketones is 1. The first kappa shape index (κ1) is 20.4. The lowest BCUT2D eigenvalue weighted by atomic mass is 10.1. The number of alkyl halides is 3. The second kappa shape index (κ2) is 7.94. The molecule has 1 N–H and O–H groups in total. The minimum atomic E-state index is -4.90. The van der Waals surface area contributed by atoms with Crippen molar-refractivity contribution >= 4 is 17.4 Å². The molecule has 0 radical (unpaired) electrons. The highest BCUT2D eigenvalue weighted by molar-refractivity contribution is 6.01. The summed E-state index contributed by atoms with van der Waals surface area (Å²) in [6, 6.07) is 3.33. The summed E-state index contributed by atoms with van der Waals surface area (Å²) in [5.74, 6) is -1.59. The molecule has 2 heterocycles. The molecule has 29 heavy (non-hydrogen) atoms. The van der Waals surface area contributed by atoms with Gasteiger partial charge in [0.15, 0.2) is 6.61 Å². The normalized spacial score (nSPS) is 14.1. The molecular formula is C18H16F3N3O5. The number of nitro groups is 1. The summed E-state index contributed by atoms with van der Waals surface area (Å²) in [5, 5.41) is 10.7. The van der Waals surface area contributed by atoms with Gasteiger partial charge in [-0.15, -0.1) is 0 Å². The third kappa shape index (κ3) is 4.55. The van der Waals surface area contributed by atoms with Crippen LogP contribution in [0.4, 0.5) is 18.9 Å². The predicted molar refractivity (Wildman–Crippen MR) is 93.9 cm³/mol. The fourth-order valence-electron chi connectivity index (χ4n) is 2.97. The largest absolute Gasteiger partial charge is 0.485 e. The molecule has 0 aliphatic carbocycles. The molecule has 11 heteroatoms. The van der Waals surface area contributed by atoms with Gasteiger partial charge in [-0.2, -0.15) is 13.2 Å². The summed E-state index contributed by atoms with van der Waals surface area (Å²) in [4.78, 5) is 38.6. The number of aromatic amines is 1. The standard InChI is InChI=1S/C18H16F3N3O5/c19-18(20,21)13-8-12(24(27)28)3-4-16(13)29-10-15(25)11-7-14(22-9-11)17(26)23-5-1-2-6-23/h3-4,7-9,22H,1-2,5-6,10H2. The molecule has 0 atom stereocenters. The molecule has 1 aliphatic rings. The van der Waals surface area contributed by atoms with Gasteiger partial charge in [-0.05, 0) is 25.0 Å². The second-order valence-corrected chi connectivity index (χ2v) is 6.45. The second-order valence-electron chi connectivity index (χ2n) is 6.45. The Labute approximate surface area is 162 Å². The molecular weight excluding hydrogens is 395 g/mol. The van der Waals surface area contributed by atoms with E-state index in [0.717, 1.165) is 25.0 Å². The number of benzene rings is 1. The smallest absolute Gasteiger partial charge is 0.420 e. The van der Waals surface area contributed by atoms with Gasteiger partial charge >= 0.3 is 6.18 Å². The van der Waals surface area contributed by atoms with E-state index in [9.17, 15) is 32.9 Å². The number of aromatic nitrogens is 1. The van der Waals surface area contributed by atoms with Gasteiger partial charge in [0.1, 0.15) is 17.0 Å². The number of nitrogens with zero attached hydrogens (tertiary/aromatic N) is 2. The number of non-ortho nitro benzene ring substituents is 1. The maximum absolute atomic E-state index is 13.1. The number of carbonyl (C=O) groups excluding carboxylic acids is 2. The van der Waals surface area contributed by atoms with Crippen molar-refractivity contribution in [3.63, 3.8) is 0 Å². The van der Waals surface area contributed by atoms with Gasteiger partial charge in [0.2, 0.25) is 5.78 Å². The molecule has 1 aliphatic heterocycles. The Balaban J connectivity index is 1.71. The number of H-pyrrole nitrogens is 1. The Morgan fingerprint density at radius 2 is 1.90 bits per heavy atom. The molecule has 154 valence electrons. The number of likely N-dealkylation sites (tertiary alicyclic amines) is 1. The molecule has 0 spiro atoms. The van der Waals surface area contributed by atoms with E-state index in [1.807, 2.05) is 0 Å². The summed E-state index contributed by atoms with van der Waals surface area (Å²) < 4.78 is 44.4. The molecule has 1 amide bonds. The minimum Gasteiger partial charge on any atom is -0.485 e. The third-order valence-electron chi connectivity index (χ3n) is 4.47. The molecule has 1 saturated heterocycles. The van der Waals surface area contributed by atoms with E-state index in [0.29, 0.717) is 19.2 Å². The van der Waals surface area contributed by atoms with Crippen LogP contribution < -0.4 is 4.74 Å². The first-order valence-electron chi connectivity index (χ1n) is 8.66. The van der Waals surface area contributed by atoms with E-state index in [1.54, 1.807) is 4.90 Å². The van der Waals surface area contributed by atoms with E-state index in [-0.39, 0.29) is 17.2 Å². The first-order chi connectivity index (χ1) is 13.7. The van der Waals surface area contributed by atoms with E-state index in [1.165, 1.54) is 12.3 Å². The molecule has 3 rings (SSSR count). The van der Waals surface area contributed by atoms with Crippen molar-refractivity contribution in [3.05, 3.63) is 57.4 Å². The molecule has 0 saturated carbocycles. The zero-order valence-corrected chi connectivity index (χ0v) is 15.0. The number of amides is 1. The first-order valence-corrected chi connectivity index (χ1v) is 8.66. The number of hydrogen-bond donors (Lipinski definition) is 1. The number of halogens is 3. The van der Waals surface area contributed by atoms with Crippen molar-refractivity contribution in [1.29, 1.82) is 0 Å². The van der Waals surface area contributed by atoms with Gasteiger partial charge < -0.3 is 14.6 Å². The van der Waals surface area contributed by atoms with E-state index < -0.39 is 40.5 Å².